The molecule has 1 heterocycles. The Labute approximate surface area is 79.2 Å². The Morgan fingerprint density at radius 3 is 2.92 bits per heavy atom. The van der Waals surface area contributed by atoms with Crippen molar-refractivity contribution in [3.8, 4) is 17.9 Å². The Bertz CT molecular complexity index is 417. The first-order chi connectivity index (χ1) is 6.24. The van der Waals surface area contributed by atoms with Gasteiger partial charge in [0.15, 0.2) is 0 Å². The van der Waals surface area contributed by atoms with Crippen LogP contribution in [0.25, 0.3) is 0 Å². The van der Waals surface area contributed by atoms with Crippen LogP contribution in [0.4, 0.5) is 0 Å². The molecule has 0 radical (unpaired) electrons. The van der Waals surface area contributed by atoms with E-state index in [0.29, 0.717) is 4.88 Å². The molecule has 0 amide bonds. The zero-order chi connectivity index (χ0) is 9.68. The van der Waals surface area contributed by atoms with Crippen molar-refractivity contribution in [3.05, 3.63) is 21.9 Å². The number of hydrogen-bond acceptors (Lipinski definition) is 3. The van der Waals surface area contributed by atoms with E-state index >= 15 is 0 Å². The second-order valence-electron chi connectivity index (χ2n) is 2.11. The highest BCUT2D eigenvalue weighted by Crippen LogP contribution is 2.14. The molecule has 4 heteroatoms. The quantitative estimate of drug-likeness (QED) is 0.687. The molecule has 0 aromatic carbocycles. The highest BCUT2D eigenvalue weighted by molar-refractivity contribution is 7.14. The van der Waals surface area contributed by atoms with Crippen LogP contribution in [0.5, 0.6) is 0 Å². The van der Waals surface area contributed by atoms with Crippen LogP contribution in [0.15, 0.2) is 12.1 Å². The normalized spacial score (nSPS) is 8.23. The molecular formula is C9H5NO2S. The highest BCUT2D eigenvalue weighted by atomic mass is 32.1. The highest BCUT2D eigenvalue weighted by Gasteiger charge is 2.04. The smallest absolute Gasteiger partial charge is 0.345 e. The minimum atomic E-state index is -0.946. The molecule has 0 atom stereocenters. The van der Waals surface area contributed by atoms with Crippen LogP contribution in [-0.4, -0.2) is 11.1 Å². The van der Waals surface area contributed by atoms with E-state index in [0.717, 1.165) is 11.3 Å². The summed E-state index contributed by atoms with van der Waals surface area (Å²) in [7, 11) is 0. The Hall–Kier alpha value is -1.78. The van der Waals surface area contributed by atoms with E-state index in [1.807, 2.05) is 6.07 Å². The Kier molecular flexibility index (Phi) is 3.08. The van der Waals surface area contributed by atoms with Gasteiger partial charge in [0.2, 0.25) is 0 Å². The van der Waals surface area contributed by atoms with Crippen molar-refractivity contribution in [2.24, 2.45) is 0 Å². The summed E-state index contributed by atoms with van der Waals surface area (Å²) in [5.74, 6) is 4.37. The zero-order valence-corrected chi connectivity index (χ0v) is 7.39. The molecule has 0 spiro atoms. The van der Waals surface area contributed by atoms with Gasteiger partial charge in [-0.05, 0) is 12.1 Å². The van der Waals surface area contributed by atoms with Crippen LogP contribution < -0.4 is 0 Å². The molecule has 1 N–H and O–H groups in total. The number of aromatic carboxylic acids is 1. The topological polar surface area (TPSA) is 61.1 Å². The van der Waals surface area contributed by atoms with Crippen molar-refractivity contribution in [1.29, 1.82) is 5.26 Å². The van der Waals surface area contributed by atoms with E-state index < -0.39 is 5.97 Å². The minimum Gasteiger partial charge on any atom is -0.477 e. The van der Waals surface area contributed by atoms with Crippen LogP contribution in [0, 0.1) is 23.2 Å². The third kappa shape index (κ3) is 2.62. The third-order valence-electron chi connectivity index (χ3n) is 1.20. The van der Waals surface area contributed by atoms with Crippen LogP contribution >= 0.6 is 11.3 Å². The van der Waals surface area contributed by atoms with Gasteiger partial charge in [-0.3, -0.25) is 0 Å². The van der Waals surface area contributed by atoms with Crippen molar-refractivity contribution >= 4 is 17.3 Å². The molecule has 13 heavy (non-hydrogen) atoms. The van der Waals surface area contributed by atoms with Gasteiger partial charge in [-0.15, -0.1) is 11.3 Å². The lowest BCUT2D eigenvalue weighted by Crippen LogP contribution is -1.89. The molecule has 3 nitrogen and oxygen atoms in total. The molecule has 0 bridgehead atoms. The standard InChI is InChI=1S/C9H5NO2S/c10-6-2-1-3-7-4-5-8(13-7)9(11)12/h4-5H,2H2,(H,11,12). The number of carboxylic acid groups (broad SMARTS) is 1. The van der Waals surface area contributed by atoms with E-state index in [-0.39, 0.29) is 11.3 Å². The van der Waals surface area contributed by atoms with E-state index in [9.17, 15) is 4.79 Å². The minimum absolute atomic E-state index is 0.167. The summed E-state index contributed by atoms with van der Waals surface area (Å²) in [6.45, 7) is 0. The maximum atomic E-state index is 10.5. The molecule has 0 aliphatic heterocycles. The number of thiophene rings is 1. The maximum absolute atomic E-state index is 10.5. The lowest BCUT2D eigenvalue weighted by atomic mass is 10.4. The lowest BCUT2D eigenvalue weighted by molar-refractivity contribution is 0.0702. The molecular weight excluding hydrogens is 186 g/mol. The summed E-state index contributed by atoms with van der Waals surface area (Å²) >= 11 is 1.11. The summed E-state index contributed by atoms with van der Waals surface area (Å²) in [5.41, 5.74) is 0. The molecule has 0 saturated carbocycles. The molecule has 1 aromatic heterocycles. The number of nitrogens with zero attached hydrogens (tertiary/aromatic N) is 1. The predicted octanol–water partition coefficient (Wildman–Crippen LogP) is 1.71. The predicted molar refractivity (Wildman–Crippen MR) is 48.4 cm³/mol. The van der Waals surface area contributed by atoms with Gasteiger partial charge in [0.05, 0.1) is 17.4 Å². The number of carbonyl (C=O) groups is 1. The van der Waals surface area contributed by atoms with E-state index in [1.165, 1.54) is 6.07 Å². The number of hydrogen-bond donors (Lipinski definition) is 1. The van der Waals surface area contributed by atoms with Crippen molar-refractivity contribution in [3.63, 3.8) is 0 Å². The van der Waals surface area contributed by atoms with Crippen molar-refractivity contribution < 1.29 is 9.90 Å². The van der Waals surface area contributed by atoms with Gasteiger partial charge in [-0.2, -0.15) is 5.26 Å². The van der Waals surface area contributed by atoms with Gasteiger partial charge in [0, 0.05) is 0 Å². The van der Waals surface area contributed by atoms with Gasteiger partial charge in [0.25, 0.3) is 0 Å². The second kappa shape index (κ2) is 4.30. The third-order valence-corrected chi connectivity index (χ3v) is 2.18. The molecule has 1 rings (SSSR count). The molecule has 1 aromatic rings. The Morgan fingerprint density at radius 1 is 1.62 bits per heavy atom. The average molecular weight is 191 g/mol. The summed E-state index contributed by atoms with van der Waals surface area (Å²) in [4.78, 5) is 11.4. The number of rotatable bonds is 1. The van der Waals surface area contributed by atoms with Crippen molar-refractivity contribution in [1.82, 2.24) is 0 Å². The summed E-state index contributed by atoms with van der Waals surface area (Å²) in [6, 6.07) is 5.02. The molecule has 0 unspecified atom stereocenters. The summed E-state index contributed by atoms with van der Waals surface area (Å²) < 4.78 is 0. The largest absolute Gasteiger partial charge is 0.477 e. The Balaban J connectivity index is 2.78. The molecule has 64 valence electrons. The molecule has 0 aliphatic carbocycles. The van der Waals surface area contributed by atoms with Gasteiger partial charge < -0.3 is 5.11 Å². The number of carboxylic acids is 1. The fraction of sp³-hybridized carbons (Fsp3) is 0.111. The van der Waals surface area contributed by atoms with Crippen LogP contribution in [0.1, 0.15) is 21.0 Å². The lowest BCUT2D eigenvalue weighted by Gasteiger charge is -1.80. The monoisotopic (exact) mass is 191 g/mol. The van der Waals surface area contributed by atoms with Crippen LogP contribution in [-0.2, 0) is 0 Å². The van der Waals surface area contributed by atoms with Crippen molar-refractivity contribution in [2.45, 2.75) is 6.42 Å². The first-order valence-corrected chi connectivity index (χ1v) is 4.24. The fourth-order valence-corrected chi connectivity index (χ4v) is 1.41. The zero-order valence-electron chi connectivity index (χ0n) is 6.57. The number of nitriles is 1. The van der Waals surface area contributed by atoms with E-state index in [2.05, 4.69) is 11.8 Å². The van der Waals surface area contributed by atoms with E-state index in [4.69, 9.17) is 10.4 Å². The summed E-state index contributed by atoms with van der Waals surface area (Å²) in [5, 5.41) is 16.8. The van der Waals surface area contributed by atoms with E-state index in [1.54, 1.807) is 6.07 Å². The van der Waals surface area contributed by atoms with Gasteiger partial charge >= 0.3 is 5.97 Å². The molecule has 0 saturated heterocycles. The molecule has 0 aliphatic rings. The molecule has 0 fully saturated rings. The van der Waals surface area contributed by atoms with Gasteiger partial charge in [0.1, 0.15) is 4.88 Å². The van der Waals surface area contributed by atoms with Gasteiger partial charge in [-0.25, -0.2) is 4.79 Å². The second-order valence-corrected chi connectivity index (χ2v) is 3.19. The Morgan fingerprint density at radius 2 is 2.38 bits per heavy atom. The van der Waals surface area contributed by atoms with Crippen LogP contribution in [0.3, 0.4) is 0 Å². The average Bonchev–Trinajstić information content (AvgIpc) is 2.53. The first-order valence-electron chi connectivity index (χ1n) is 3.43. The van der Waals surface area contributed by atoms with Crippen LogP contribution in [0.2, 0.25) is 0 Å². The van der Waals surface area contributed by atoms with Crippen molar-refractivity contribution in [2.75, 3.05) is 0 Å². The fourth-order valence-electron chi connectivity index (χ4n) is 0.691. The maximum Gasteiger partial charge on any atom is 0.345 e. The summed E-state index contributed by atoms with van der Waals surface area (Å²) in [6.07, 6.45) is 0.167. The SMILES string of the molecule is N#CCC#Cc1ccc(C(=O)O)s1. The van der Waals surface area contributed by atoms with Gasteiger partial charge in [-0.1, -0.05) is 11.8 Å². The first kappa shape index (κ1) is 9.31.